The Morgan fingerprint density at radius 2 is 1.92 bits per heavy atom. The van der Waals surface area contributed by atoms with Gasteiger partial charge >= 0.3 is 0 Å². The zero-order valence-electron chi connectivity index (χ0n) is 13.6. The number of benzene rings is 2. The number of rotatable bonds is 4. The molecule has 0 fully saturated rings. The summed E-state index contributed by atoms with van der Waals surface area (Å²) in [6.45, 7) is 0. The molecule has 9 heteroatoms. The Balaban J connectivity index is 1.90. The van der Waals surface area contributed by atoms with Gasteiger partial charge in [0.25, 0.3) is 15.9 Å². The highest BCUT2D eigenvalue weighted by Crippen LogP contribution is 2.19. The van der Waals surface area contributed by atoms with E-state index >= 15 is 0 Å². The third-order valence-corrected chi connectivity index (χ3v) is 5.92. The highest BCUT2D eigenvalue weighted by Gasteiger charge is 2.16. The number of hydrogen-bond donors (Lipinski definition) is 1. The molecule has 0 unspecified atom stereocenters. The Labute approximate surface area is 159 Å². The monoisotopic (exact) mass is 407 g/mol. The van der Waals surface area contributed by atoms with Crippen LogP contribution >= 0.6 is 22.9 Å². The smallest absolute Gasteiger partial charge is 0.279 e. The second-order valence-corrected chi connectivity index (χ2v) is 8.35. The van der Waals surface area contributed by atoms with Crippen LogP contribution in [-0.4, -0.2) is 18.9 Å². The molecule has 0 aliphatic rings. The molecule has 2 aromatic carbocycles. The number of aromatic nitrogens is 1. The molecule has 1 N–H and O–H groups in total. The summed E-state index contributed by atoms with van der Waals surface area (Å²) in [5.74, 6) is -0.508. The van der Waals surface area contributed by atoms with Crippen LogP contribution < -0.4 is 9.52 Å². The van der Waals surface area contributed by atoms with Crippen molar-refractivity contribution in [3.63, 3.8) is 0 Å². The van der Waals surface area contributed by atoms with Gasteiger partial charge in [-0.3, -0.25) is 9.52 Å². The summed E-state index contributed by atoms with van der Waals surface area (Å²) in [4.78, 5) is 16.9. The van der Waals surface area contributed by atoms with E-state index in [0.717, 1.165) is 0 Å². The van der Waals surface area contributed by atoms with Crippen LogP contribution in [0.5, 0.6) is 0 Å². The minimum absolute atomic E-state index is 0.0240. The van der Waals surface area contributed by atoms with Crippen LogP contribution in [0, 0.1) is 0 Å². The lowest BCUT2D eigenvalue weighted by Gasteiger charge is -2.08. The van der Waals surface area contributed by atoms with Gasteiger partial charge in [-0.05, 0) is 42.5 Å². The lowest BCUT2D eigenvalue weighted by Crippen LogP contribution is -2.15. The van der Waals surface area contributed by atoms with E-state index in [2.05, 4.69) is 9.71 Å². The van der Waals surface area contributed by atoms with E-state index in [0.29, 0.717) is 15.5 Å². The predicted octanol–water partition coefficient (Wildman–Crippen LogP) is 3.28. The van der Waals surface area contributed by atoms with E-state index in [1.165, 1.54) is 35.6 Å². The number of nitrogens with one attached hydrogen (secondary N) is 1. The van der Waals surface area contributed by atoms with Gasteiger partial charge in [0.05, 0.1) is 4.90 Å². The van der Waals surface area contributed by atoms with Crippen LogP contribution in [0.4, 0.5) is 5.69 Å². The molecule has 134 valence electrons. The summed E-state index contributed by atoms with van der Waals surface area (Å²) in [5.41, 5.74) is 0.568. The summed E-state index contributed by atoms with van der Waals surface area (Å²) in [7, 11) is -2.06. The molecule has 0 atom stereocenters. The zero-order chi connectivity index (χ0) is 18.7. The number of nitrogens with zero attached hydrogens (tertiary/aromatic N) is 2. The molecule has 0 saturated heterocycles. The van der Waals surface area contributed by atoms with E-state index < -0.39 is 15.9 Å². The number of carbonyl (C=O) groups excluding carboxylic acids is 1. The number of anilines is 1. The van der Waals surface area contributed by atoms with Crippen LogP contribution in [0.1, 0.15) is 10.4 Å². The number of hydrogen-bond acceptors (Lipinski definition) is 4. The topological polar surface area (TPSA) is 80.5 Å². The Bertz CT molecular complexity index is 1120. The molecule has 6 nitrogen and oxygen atoms in total. The van der Waals surface area contributed by atoms with Gasteiger partial charge in [0.15, 0.2) is 4.80 Å². The first kappa shape index (κ1) is 18.4. The first-order valence-electron chi connectivity index (χ1n) is 7.43. The van der Waals surface area contributed by atoms with Crippen LogP contribution in [0.3, 0.4) is 0 Å². The van der Waals surface area contributed by atoms with Crippen molar-refractivity contribution >= 4 is 44.6 Å². The van der Waals surface area contributed by atoms with E-state index in [-0.39, 0.29) is 10.5 Å². The van der Waals surface area contributed by atoms with Crippen molar-refractivity contribution in [1.29, 1.82) is 0 Å². The van der Waals surface area contributed by atoms with E-state index in [1.54, 1.807) is 42.1 Å². The second kappa shape index (κ2) is 7.45. The van der Waals surface area contributed by atoms with Gasteiger partial charge in [-0.15, -0.1) is 11.3 Å². The molecule has 3 aromatic rings. The first-order valence-corrected chi connectivity index (χ1v) is 10.2. The summed E-state index contributed by atoms with van der Waals surface area (Å²) in [5, 5.41) is 2.31. The lowest BCUT2D eigenvalue weighted by molar-refractivity contribution is 0.0997. The number of aryl methyl sites for hydroxylation is 1. The maximum absolute atomic E-state index is 12.5. The van der Waals surface area contributed by atoms with Crippen molar-refractivity contribution in [2.45, 2.75) is 4.90 Å². The van der Waals surface area contributed by atoms with Gasteiger partial charge in [0.1, 0.15) is 0 Å². The highest BCUT2D eigenvalue weighted by molar-refractivity contribution is 7.92. The van der Waals surface area contributed by atoms with Crippen molar-refractivity contribution in [2.24, 2.45) is 12.0 Å². The molecule has 0 aliphatic heterocycles. The number of sulfonamides is 1. The molecule has 1 amide bonds. The average molecular weight is 408 g/mol. The van der Waals surface area contributed by atoms with E-state index in [1.807, 2.05) is 5.38 Å². The van der Waals surface area contributed by atoms with Gasteiger partial charge in [-0.1, -0.05) is 17.7 Å². The molecule has 0 saturated carbocycles. The van der Waals surface area contributed by atoms with E-state index in [9.17, 15) is 13.2 Å². The molecular formula is C17H14ClN3O3S2. The van der Waals surface area contributed by atoms with E-state index in [4.69, 9.17) is 11.6 Å². The summed E-state index contributed by atoms with van der Waals surface area (Å²) in [6.07, 6.45) is 1.79. The van der Waals surface area contributed by atoms with Crippen molar-refractivity contribution in [1.82, 2.24) is 4.57 Å². The summed E-state index contributed by atoms with van der Waals surface area (Å²) >= 11 is 7.12. The molecule has 0 spiro atoms. The molecule has 0 radical (unpaired) electrons. The van der Waals surface area contributed by atoms with Gasteiger partial charge < -0.3 is 4.57 Å². The summed E-state index contributed by atoms with van der Waals surface area (Å²) in [6, 6.07) is 12.0. The Hall–Kier alpha value is -2.42. The van der Waals surface area contributed by atoms with Gasteiger partial charge in [0, 0.05) is 34.9 Å². The zero-order valence-corrected chi connectivity index (χ0v) is 16.0. The second-order valence-electron chi connectivity index (χ2n) is 5.35. The Morgan fingerprint density at radius 3 is 2.58 bits per heavy atom. The average Bonchev–Trinajstić information content (AvgIpc) is 3.02. The van der Waals surface area contributed by atoms with Crippen molar-refractivity contribution in [2.75, 3.05) is 4.72 Å². The molecule has 3 rings (SSSR count). The molecule has 26 heavy (non-hydrogen) atoms. The fourth-order valence-electron chi connectivity index (χ4n) is 2.11. The first-order chi connectivity index (χ1) is 12.3. The van der Waals surface area contributed by atoms with Crippen LogP contribution in [0.15, 0.2) is 70.0 Å². The van der Waals surface area contributed by atoms with Crippen molar-refractivity contribution in [3.8, 4) is 0 Å². The quantitative estimate of drug-likeness (QED) is 0.720. The van der Waals surface area contributed by atoms with Gasteiger partial charge in [-0.2, -0.15) is 4.99 Å². The number of amides is 1. The Kier molecular flexibility index (Phi) is 5.26. The van der Waals surface area contributed by atoms with Crippen LogP contribution in [-0.2, 0) is 17.1 Å². The maximum Gasteiger partial charge on any atom is 0.279 e. The molecule has 0 bridgehead atoms. The highest BCUT2D eigenvalue weighted by atomic mass is 35.5. The van der Waals surface area contributed by atoms with Crippen molar-refractivity contribution < 1.29 is 13.2 Å². The molecule has 1 heterocycles. The fourth-order valence-corrected chi connectivity index (χ4v) is 4.07. The third-order valence-electron chi connectivity index (χ3n) is 3.44. The summed E-state index contributed by atoms with van der Waals surface area (Å²) < 4.78 is 29.3. The van der Waals surface area contributed by atoms with Gasteiger partial charge in [0.2, 0.25) is 0 Å². The predicted molar refractivity (Wildman–Crippen MR) is 102 cm³/mol. The molecule has 1 aromatic heterocycles. The Morgan fingerprint density at radius 1 is 1.19 bits per heavy atom. The molecule has 0 aliphatic carbocycles. The third kappa shape index (κ3) is 4.21. The van der Waals surface area contributed by atoms with Crippen LogP contribution in [0.2, 0.25) is 5.02 Å². The van der Waals surface area contributed by atoms with Crippen LogP contribution in [0.25, 0.3) is 0 Å². The SMILES string of the molecule is Cn1ccsc1=NC(=O)c1cccc(S(=O)(=O)Nc2ccc(Cl)cc2)c1. The normalized spacial score (nSPS) is 12.2. The largest absolute Gasteiger partial charge is 0.327 e. The fraction of sp³-hybridized carbons (Fsp3) is 0.0588. The van der Waals surface area contributed by atoms with Crippen molar-refractivity contribution in [3.05, 3.63) is 75.5 Å². The molecular weight excluding hydrogens is 394 g/mol. The minimum Gasteiger partial charge on any atom is -0.327 e. The maximum atomic E-state index is 12.5. The minimum atomic E-state index is -3.84. The number of carbonyl (C=O) groups is 1. The lowest BCUT2D eigenvalue weighted by atomic mass is 10.2. The number of thiazole rings is 1. The van der Waals surface area contributed by atoms with Gasteiger partial charge in [-0.25, -0.2) is 8.42 Å². The standard InChI is InChI=1S/C17H14ClN3O3S2/c1-21-9-10-25-17(21)19-16(22)12-3-2-4-15(11-12)26(23,24)20-14-7-5-13(18)6-8-14/h2-11,20H,1H3. The number of halogens is 1.